The number of hydrogen-bond acceptors (Lipinski definition) is 8. The van der Waals surface area contributed by atoms with Crippen LogP contribution < -0.4 is 21.7 Å². The van der Waals surface area contributed by atoms with Crippen LogP contribution in [0.2, 0.25) is 0 Å². The van der Waals surface area contributed by atoms with E-state index in [4.69, 9.17) is 16.2 Å². The first kappa shape index (κ1) is 26.3. The highest BCUT2D eigenvalue weighted by Gasteiger charge is 2.36. The molecule has 1 aliphatic heterocycles. The highest BCUT2D eigenvalue weighted by atomic mass is 32.1. The van der Waals surface area contributed by atoms with E-state index in [1.807, 2.05) is 49.4 Å². The molecule has 0 unspecified atom stereocenters. The van der Waals surface area contributed by atoms with Crippen LogP contribution in [0.5, 0.6) is 0 Å². The lowest BCUT2D eigenvalue weighted by molar-refractivity contribution is -0.123. The van der Waals surface area contributed by atoms with E-state index in [-0.39, 0.29) is 28.3 Å². The van der Waals surface area contributed by atoms with E-state index in [1.54, 1.807) is 18.3 Å². The maximum atomic E-state index is 14.2. The normalized spacial score (nSPS) is 15.7. The first-order valence-corrected chi connectivity index (χ1v) is 13.3. The van der Waals surface area contributed by atoms with E-state index in [2.05, 4.69) is 14.7 Å². The molecule has 10 nitrogen and oxygen atoms in total. The number of rotatable bonds is 8. The number of benzene rings is 2. The average Bonchev–Trinajstić information content (AvgIpc) is 3.59. The van der Waals surface area contributed by atoms with Gasteiger partial charge in [-0.25, -0.2) is 0 Å². The molecule has 5 rings (SSSR count). The third kappa shape index (κ3) is 5.45. The Morgan fingerprint density at radius 3 is 2.74 bits per heavy atom. The van der Waals surface area contributed by atoms with Crippen molar-refractivity contribution in [1.29, 1.82) is 0 Å². The molecule has 39 heavy (non-hydrogen) atoms. The largest absolute Gasteiger partial charge is 0.395 e. The van der Waals surface area contributed by atoms with Crippen LogP contribution in [0.4, 0.5) is 11.4 Å². The number of nitrogens with one attached hydrogen (secondary N) is 1. The fourth-order valence-electron chi connectivity index (χ4n) is 4.70. The van der Waals surface area contributed by atoms with E-state index in [0.29, 0.717) is 24.4 Å². The first-order valence-electron chi connectivity index (χ1n) is 12.5. The molecule has 1 fully saturated rings. The molecular formula is C28H28N6O4S. The first-order chi connectivity index (χ1) is 18.8. The van der Waals surface area contributed by atoms with Crippen LogP contribution in [0.1, 0.15) is 50.2 Å². The number of pyridine rings is 1. The van der Waals surface area contributed by atoms with Gasteiger partial charge >= 0.3 is 0 Å². The monoisotopic (exact) mass is 544 g/mol. The van der Waals surface area contributed by atoms with E-state index in [1.165, 1.54) is 4.90 Å². The average molecular weight is 545 g/mol. The van der Waals surface area contributed by atoms with Crippen molar-refractivity contribution < 1.29 is 19.1 Å². The molecule has 1 saturated heterocycles. The summed E-state index contributed by atoms with van der Waals surface area (Å²) in [4.78, 5) is 45.8. The smallest absolute Gasteiger partial charge is 0.273 e. The van der Waals surface area contributed by atoms with E-state index < -0.39 is 17.9 Å². The number of anilines is 2. The maximum absolute atomic E-state index is 14.2. The molecule has 0 radical (unpaired) electrons. The molecule has 2 atom stereocenters. The second-order valence-electron chi connectivity index (χ2n) is 9.39. The van der Waals surface area contributed by atoms with Crippen molar-refractivity contribution in [3.63, 3.8) is 0 Å². The van der Waals surface area contributed by atoms with Crippen LogP contribution in [0.15, 0.2) is 60.8 Å². The summed E-state index contributed by atoms with van der Waals surface area (Å²) in [6, 6.07) is 15.3. The number of aryl methyl sites for hydroxylation is 1. The molecule has 0 spiro atoms. The fourth-order valence-corrected chi connectivity index (χ4v) is 5.44. The SMILES string of the molecule is Cc1cccc(N(C(=O)c2snc(C(N)=O)c2N)[C@@H](C(=O)NC[C@H]2CCCO2)c2ccc3ncccc3c2)c1. The quantitative estimate of drug-likeness (QED) is 0.307. The van der Waals surface area contributed by atoms with Gasteiger partial charge in [0.2, 0.25) is 5.91 Å². The van der Waals surface area contributed by atoms with Crippen molar-refractivity contribution >= 4 is 51.5 Å². The van der Waals surface area contributed by atoms with Crippen LogP contribution in [0.25, 0.3) is 10.9 Å². The Balaban J connectivity index is 1.64. The summed E-state index contributed by atoms with van der Waals surface area (Å²) >= 11 is 0.772. The van der Waals surface area contributed by atoms with Gasteiger partial charge in [0, 0.05) is 30.4 Å². The number of carbonyl (C=O) groups is 3. The predicted octanol–water partition coefficient (Wildman–Crippen LogP) is 3.36. The molecule has 0 aliphatic carbocycles. The van der Waals surface area contributed by atoms with Crippen LogP contribution >= 0.6 is 11.5 Å². The topological polar surface area (TPSA) is 154 Å². The second kappa shape index (κ2) is 11.2. The van der Waals surface area contributed by atoms with Crippen LogP contribution in [0, 0.1) is 6.92 Å². The third-order valence-electron chi connectivity index (χ3n) is 6.63. The third-order valence-corrected chi connectivity index (χ3v) is 7.48. The molecule has 200 valence electrons. The molecule has 0 saturated carbocycles. The number of fused-ring (bicyclic) bond motifs is 1. The molecule has 2 aromatic carbocycles. The summed E-state index contributed by atoms with van der Waals surface area (Å²) in [5.74, 6) is -1.80. The van der Waals surface area contributed by atoms with Gasteiger partial charge in [-0.3, -0.25) is 24.3 Å². The van der Waals surface area contributed by atoms with Gasteiger partial charge in [-0.15, -0.1) is 0 Å². The molecule has 4 aromatic rings. The van der Waals surface area contributed by atoms with Gasteiger partial charge in [0.25, 0.3) is 11.8 Å². The minimum Gasteiger partial charge on any atom is -0.395 e. The van der Waals surface area contributed by atoms with E-state index >= 15 is 0 Å². The lowest BCUT2D eigenvalue weighted by Gasteiger charge is -2.32. The highest BCUT2D eigenvalue weighted by molar-refractivity contribution is 7.09. The number of hydrogen-bond donors (Lipinski definition) is 3. The van der Waals surface area contributed by atoms with Gasteiger partial charge in [-0.05, 0) is 72.8 Å². The Kier molecular flexibility index (Phi) is 7.53. The number of nitrogens with zero attached hydrogens (tertiary/aromatic N) is 3. The van der Waals surface area contributed by atoms with Crippen molar-refractivity contribution in [3.05, 3.63) is 82.5 Å². The predicted molar refractivity (Wildman–Crippen MR) is 150 cm³/mol. The van der Waals surface area contributed by atoms with Gasteiger partial charge < -0.3 is 21.5 Å². The molecule has 0 bridgehead atoms. The molecular weight excluding hydrogens is 516 g/mol. The van der Waals surface area contributed by atoms with Crippen molar-refractivity contribution in [1.82, 2.24) is 14.7 Å². The molecule has 11 heteroatoms. The second-order valence-corrected chi connectivity index (χ2v) is 10.2. The summed E-state index contributed by atoms with van der Waals surface area (Å²) in [6.45, 7) is 2.86. The molecule has 1 aliphatic rings. The standard InChI is InChI=1S/C28H28N6O4S/c1-16-5-2-7-19(13-16)34(28(37)25-22(29)23(26(30)35)33-39-25)24(27(36)32-15-20-8-4-12-38-20)18-9-10-21-17(14-18)6-3-11-31-21/h2-3,5-7,9-11,13-14,20,24H,4,8,12,15,29H2,1H3,(H2,30,35)(H,32,36)/t20-,24-/m1/s1. The summed E-state index contributed by atoms with van der Waals surface area (Å²) in [6.07, 6.45) is 3.39. The lowest BCUT2D eigenvalue weighted by Crippen LogP contribution is -2.45. The van der Waals surface area contributed by atoms with E-state index in [9.17, 15) is 14.4 Å². The Morgan fingerprint density at radius 2 is 2.03 bits per heavy atom. The van der Waals surface area contributed by atoms with Crippen molar-refractivity contribution in [3.8, 4) is 0 Å². The van der Waals surface area contributed by atoms with Gasteiger partial charge in [0.15, 0.2) is 5.69 Å². The van der Waals surface area contributed by atoms with Crippen LogP contribution in [0.3, 0.4) is 0 Å². The Hall–Kier alpha value is -4.35. The van der Waals surface area contributed by atoms with Crippen molar-refractivity contribution in [2.24, 2.45) is 5.73 Å². The van der Waals surface area contributed by atoms with Gasteiger partial charge in [-0.2, -0.15) is 4.37 Å². The summed E-state index contributed by atoms with van der Waals surface area (Å²) in [5, 5.41) is 3.81. The fraction of sp³-hybridized carbons (Fsp3) is 0.250. The minimum atomic E-state index is -1.08. The number of primary amides is 1. The zero-order valence-corrected chi connectivity index (χ0v) is 22.1. The molecule has 3 amide bonds. The number of aromatic nitrogens is 2. The Labute approximate surface area is 229 Å². The number of nitrogens with two attached hydrogens (primary N) is 2. The molecule has 2 aromatic heterocycles. The minimum absolute atomic E-state index is 0.0182. The summed E-state index contributed by atoms with van der Waals surface area (Å²) in [5.41, 5.74) is 14.0. The van der Waals surface area contributed by atoms with Gasteiger partial charge in [-0.1, -0.05) is 24.3 Å². The van der Waals surface area contributed by atoms with Crippen LogP contribution in [-0.4, -0.2) is 46.3 Å². The zero-order chi connectivity index (χ0) is 27.5. The van der Waals surface area contributed by atoms with Gasteiger partial charge in [0.05, 0.1) is 17.3 Å². The Bertz CT molecular complexity index is 1550. The molecule has 3 heterocycles. The number of nitrogen functional groups attached to an aromatic ring is 1. The maximum Gasteiger partial charge on any atom is 0.273 e. The van der Waals surface area contributed by atoms with Crippen molar-refractivity contribution in [2.45, 2.75) is 31.9 Å². The number of amides is 3. The highest BCUT2D eigenvalue weighted by Crippen LogP contribution is 2.34. The zero-order valence-electron chi connectivity index (χ0n) is 21.3. The number of ether oxygens (including phenoxy) is 1. The lowest BCUT2D eigenvalue weighted by atomic mass is 10.00. The Morgan fingerprint density at radius 1 is 1.18 bits per heavy atom. The summed E-state index contributed by atoms with van der Waals surface area (Å²) in [7, 11) is 0. The molecule has 5 N–H and O–H groups in total. The van der Waals surface area contributed by atoms with Gasteiger partial charge in [0.1, 0.15) is 10.9 Å². The van der Waals surface area contributed by atoms with Crippen molar-refractivity contribution in [2.75, 3.05) is 23.8 Å². The van der Waals surface area contributed by atoms with E-state index in [0.717, 1.165) is 40.8 Å². The summed E-state index contributed by atoms with van der Waals surface area (Å²) < 4.78 is 9.70. The number of carbonyl (C=O) groups excluding carboxylic acids is 3. The van der Waals surface area contributed by atoms with Crippen LogP contribution in [-0.2, 0) is 9.53 Å².